The Morgan fingerprint density at radius 1 is 0.277 bits per heavy atom. The molecule has 1 saturated carbocycles. The first-order valence-corrected chi connectivity index (χ1v) is 39.9. The van der Waals surface area contributed by atoms with Gasteiger partial charge in [0.25, 0.3) is 23.6 Å². The molecule has 4 amide bonds. The normalized spacial score (nSPS) is 20.7. The maximum atomic E-state index is 17.7. The van der Waals surface area contributed by atoms with Gasteiger partial charge in [0.1, 0.15) is 12.2 Å². The van der Waals surface area contributed by atoms with Crippen LogP contribution in [0.25, 0.3) is 302 Å². The fourth-order valence-corrected chi connectivity index (χ4v) is 31.0. The standard InChI is InChI=1S/C96H40N2O14/c1-3-111-28(101)21-22(99)9-13-107-17-19-109-15-11-97-89(102)23-5-7-25-30-26(8-6-24(29(23)30)90(97)103)92(105)98(91(25)104)12-16-110-20-18-108-14-10-27(100)94(93(106)112-4-2)95-85-77-69-59-49-41-33-31-32-35-39-37(33)45-53-47(39)57-51-43(35)44-36(32)40-38-34(31)42(41)50-56-46(38)54-48(40)58-52(44)62-61(51)71-65(57)75-67(53)73(63(69)55(45)49)81(85)83(75)87-79(71)80-72(62)66(58)76-68(54)74-64(56)70(60(50)59)78(77)86(95)82(74)84(76)88(80)96(87,94)95/h5-8H,3-4,9-21H2,1-2H3. The number of carbonyl (C=O) groups is 8. The van der Waals surface area contributed by atoms with Crippen LogP contribution in [0.15, 0.2) is 24.3 Å². The Morgan fingerprint density at radius 3 is 0.741 bits per heavy atom. The molecule has 37 rings (SSSR count). The molecule has 0 bridgehead atoms. The first-order valence-electron chi connectivity index (χ1n) is 39.9. The van der Waals surface area contributed by atoms with Crippen molar-refractivity contribution in [3.05, 3.63) is 68.8 Å². The van der Waals surface area contributed by atoms with Crippen molar-refractivity contribution in [2.45, 2.75) is 43.9 Å². The molecule has 7 aliphatic rings. The molecular formula is C96H40N2O14. The molecular weight excluding hydrogens is 1410 g/mol. The van der Waals surface area contributed by atoms with E-state index in [1.807, 2.05) is 6.92 Å². The number of imide groups is 2. The second-order valence-electron chi connectivity index (χ2n) is 35.2. The van der Waals surface area contributed by atoms with E-state index in [1.165, 1.54) is 337 Å². The Balaban J connectivity index is 0.484. The number of Topliss-reactive ketones (excluding diaryl/α,β-unsaturated/α-hetero) is 2. The van der Waals surface area contributed by atoms with E-state index in [0.717, 1.165) is 9.80 Å². The highest BCUT2D eigenvalue weighted by atomic mass is 16.5. The third kappa shape index (κ3) is 3.91. The van der Waals surface area contributed by atoms with E-state index in [-0.39, 0.29) is 143 Å². The Morgan fingerprint density at radius 2 is 0.500 bits per heavy atom. The van der Waals surface area contributed by atoms with E-state index in [9.17, 15) is 28.8 Å². The molecule has 1 fully saturated rings. The molecule has 0 saturated heterocycles. The summed E-state index contributed by atoms with van der Waals surface area (Å²) in [5, 5.41) is 77.6. The summed E-state index contributed by atoms with van der Waals surface area (Å²) in [5.41, 5.74) is 1.63. The zero-order valence-corrected chi connectivity index (χ0v) is 59.0. The Hall–Kier alpha value is -12.4. The van der Waals surface area contributed by atoms with E-state index in [0.29, 0.717) is 0 Å². The predicted octanol–water partition coefficient (Wildman–Crippen LogP) is 17.8. The number of benzene rings is 20. The van der Waals surface area contributed by atoms with Crippen molar-refractivity contribution < 1.29 is 66.8 Å². The van der Waals surface area contributed by atoms with Gasteiger partial charge in [0, 0.05) is 45.9 Å². The first kappa shape index (κ1) is 53.4. The largest absolute Gasteiger partial charge is 0.466 e. The van der Waals surface area contributed by atoms with Crippen molar-refractivity contribution in [3.63, 3.8) is 0 Å². The number of esters is 2. The highest BCUT2D eigenvalue weighted by Crippen LogP contribution is 2.97. The van der Waals surface area contributed by atoms with Gasteiger partial charge in [0.2, 0.25) is 0 Å². The van der Waals surface area contributed by atoms with Gasteiger partial charge in [-0.15, -0.1) is 0 Å². The highest BCUT2D eigenvalue weighted by molar-refractivity contribution is 6.83. The van der Waals surface area contributed by atoms with Gasteiger partial charge in [-0.25, -0.2) is 0 Å². The van der Waals surface area contributed by atoms with E-state index in [4.69, 9.17) is 28.4 Å². The monoisotopic (exact) mass is 1440 g/mol. The second-order valence-corrected chi connectivity index (χ2v) is 35.2. The number of amides is 4. The van der Waals surface area contributed by atoms with Gasteiger partial charge >= 0.3 is 11.9 Å². The molecule has 0 aromatic heterocycles. The van der Waals surface area contributed by atoms with Crippen molar-refractivity contribution in [3.8, 4) is 0 Å². The van der Waals surface area contributed by atoms with E-state index in [2.05, 4.69) is 0 Å². The fraction of sp³-hybridized carbons (Fsp3) is 0.208. The van der Waals surface area contributed by atoms with Gasteiger partial charge in [0.15, 0.2) is 11.2 Å². The van der Waals surface area contributed by atoms with Crippen molar-refractivity contribution >= 4 is 349 Å². The molecule has 0 radical (unpaired) electrons. The van der Waals surface area contributed by atoms with Crippen LogP contribution in [-0.4, -0.2) is 136 Å². The molecule has 30 aromatic rings. The zero-order chi connectivity index (χ0) is 71.9. The van der Waals surface area contributed by atoms with Crippen LogP contribution in [-0.2, 0) is 58.4 Å². The number of rotatable bonds is 24. The Bertz CT molecular complexity index is 8880. The molecule has 16 heteroatoms. The second kappa shape index (κ2) is 14.7. The summed E-state index contributed by atoms with van der Waals surface area (Å²) >= 11 is 0. The van der Waals surface area contributed by atoms with Crippen LogP contribution in [0.5, 0.6) is 0 Å². The van der Waals surface area contributed by atoms with Gasteiger partial charge < -0.3 is 28.4 Å². The number of carbonyl (C=O) groups excluding carboxylic acids is 8. The van der Waals surface area contributed by atoms with E-state index in [1.54, 1.807) is 6.92 Å². The average Bonchev–Trinajstić information content (AvgIpc) is 1.35. The zero-order valence-electron chi connectivity index (χ0n) is 59.0. The Labute approximate surface area is 619 Å². The third-order valence-electron chi connectivity index (χ3n) is 32.7. The summed E-state index contributed by atoms with van der Waals surface area (Å²) < 4.78 is 35.7. The quantitative estimate of drug-likeness (QED) is 0.0182. The van der Waals surface area contributed by atoms with Crippen LogP contribution < -0.4 is 0 Å². The third-order valence-corrected chi connectivity index (χ3v) is 32.7. The number of nitrogens with zero attached hydrogens (tertiary/aromatic N) is 2. The molecule has 30 aromatic carbocycles. The lowest BCUT2D eigenvalue weighted by Gasteiger charge is -2.32. The number of ketones is 2. The average molecular weight is 1450 g/mol. The molecule has 0 atom stereocenters. The lowest BCUT2D eigenvalue weighted by atomic mass is 9.68. The minimum absolute atomic E-state index is 0.00851. The van der Waals surface area contributed by atoms with Gasteiger partial charge in [-0.3, -0.25) is 48.2 Å². The molecule has 0 unspecified atom stereocenters. The molecule has 2 heterocycles. The van der Waals surface area contributed by atoms with Crippen molar-refractivity contribution in [1.29, 1.82) is 0 Å². The maximum Gasteiger partial charge on any atom is 0.322 e. The van der Waals surface area contributed by atoms with Crippen LogP contribution in [0.3, 0.4) is 0 Å². The molecule has 0 N–H and O–H groups in total. The number of hydrogen-bond acceptors (Lipinski definition) is 14. The topological polar surface area (TPSA) is 198 Å². The molecule has 518 valence electrons. The molecule has 112 heavy (non-hydrogen) atoms. The van der Waals surface area contributed by atoms with Gasteiger partial charge in [-0.1, -0.05) is 0 Å². The van der Waals surface area contributed by atoms with Gasteiger partial charge in [-0.2, -0.15) is 0 Å². The minimum Gasteiger partial charge on any atom is -0.466 e. The highest BCUT2D eigenvalue weighted by Gasteiger charge is 3.00. The summed E-state index contributed by atoms with van der Waals surface area (Å²) in [6.07, 6.45) is -0.320. The van der Waals surface area contributed by atoms with Crippen molar-refractivity contribution in [1.82, 2.24) is 9.80 Å². The summed E-state index contributed by atoms with van der Waals surface area (Å²) in [6.45, 7) is 4.29. The molecule has 2 spiro atoms. The van der Waals surface area contributed by atoms with E-state index >= 15 is 9.59 Å². The fourth-order valence-electron chi connectivity index (χ4n) is 31.0. The lowest BCUT2D eigenvalue weighted by Crippen LogP contribution is -2.45. The molecule has 5 aliphatic carbocycles. The van der Waals surface area contributed by atoms with Crippen LogP contribution >= 0.6 is 0 Å². The van der Waals surface area contributed by atoms with Crippen LogP contribution in [0, 0.1) is 5.41 Å². The molecule has 16 nitrogen and oxygen atoms in total. The number of ether oxygens (including phenoxy) is 6. The van der Waals surface area contributed by atoms with Gasteiger partial charge in [-0.05, 0) is 351 Å². The lowest BCUT2D eigenvalue weighted by molar-refractivity contribution is -0.155. The Kier molecular flexibility index (Phi) is 7.01. The summed E-state index contributed by atoms with van der Waals surface area (Å²) in [4.78, 5) is 118. The van der Waals surface area contributed by atoms with Crippen molar-refractivity contribution in [2.24, 2.45) is 5.41 Å². The smallest absolute Gasteiger partial charge is 0.322 e. The van der Waals surface area contributed by atoms with Crippen LogP contribution in [0.2, 0.25) is 0 Å². The SMILES string of the molecule is CCOC(=O)CC(=O)CCOCCOCCN1C(=O)c2ccc3c4c(ccc(c24)C1=O)C(=O)N(CCOCCOCCC(=O)C1(C(=O)OCC)C24c5c6c7c8c9c%10c(c%11c%12c2c2c5c5c%13c6c6c7c7c9c9c%14c%10c%10c%11c%11c%12c%12c2c2c5c5c%13c%13c6c6c7c9c7c9c%14c%10c%10c%11c%11c%12c2c2c5c5c%13c6c7c6c9c%10c%11c2c56)C814)C3=O. The van der Waals surface area contributed by atoms with Crippen LogP contribution in [0.1, 0.15) is 96.8 Å². The van der Waals surface area contributed by atoms with Gasteiger partial charge in [0.05, 0.1) is 90.0 Å². The minimum atomic E-state index is -1.73. The van der Waals surface area contributed by atoms with Crippen molar-refractivity contribution in [2.75, 3.05) is 79.2 Å². The summed E-state index contributed by atoms with van der Waals surface area (Å²) in [5.74, 6) is -3.74. The van der Waals surface area contributed by atoms with Crippen LogP contribution in [0.4, 0.5) is 0 Å². The predicted molar refractivity (Wildman–Crippen MR) is 431 cm³/mol. The summed E-state index contributed by atoms with van der Waals surface area (Å²) in [6, 6.07) is 6.13. The van der Waals surface area contributed by atoms with E-state index < -0.39 is 51.8 Å². The maximum absolute atomic E-state index is 17.7. The summed E-state index contributed by atoms with van der Waals surface area (Å²) in [7, 11) is 0. The molecule has 2 aliphatic heterocycles. The number of hydrogen-bond donors (Lipinski definition) is 0. The first-order chi connectivity index (χ1) is 55.1.